The summed E-state index contributed by atoms with van der Waals surface area (Å²) in [6.07, 6.45) is -2.57. The molecule has 0 saturated heterocycles. The van der Waals surface area contributed by atoms with Crippen LogP contribution in [-0.2, 0) is 28.5 Å². The largest absolute Gasteiger partial charge is 0.514 e. The Labute approximate surface area is 287 Å². The van der Waals surface area contributed by atoms with Gasteiger partial charge in [-0.05, 0) is 98.7 Å². The predicted octanol–water partition coefficient (Wildman–Crippen LogP) is 5.72. The molecule has 2 aliphatic heterocycles. The van der Waals surface area contributed by atoms with Crippen LogP contribution >= 0.6 is 0 Å². The number of ether oxygens (including phenoxy) is 6. The molecule has 50 heavy (non-hydrogen) atoms. The zero-order valence-corrected chi connectivity index (χ0v) is 29.3. The Morgan fingerprint density at radius 3 is 2.06 bits per heavy atom. The van der Waals surface area contributed by atoms with Crippen LogP contribution in [0.2, 0.25) is 0 Å². The Morgan fingerprint density at radius 2 is 1.42 bits per heavy atom. The Balaban J connectivity index is 1.76. The molecule has 3 aromatic rings. The van der Waals surface area contributed by atoms with Gasteiger partial charge in [0.2, 0.25) is 0 Å². The minimum absolute atomic E-state index is 0.0499. The summed E-state index contributed by atoms with van der Waals surface area (Å²) in [5, 5.41) is 1.48. The number of carbonyl (C=O) groups excluding carboxylic acids is 5. The van der Waals surface area contributed by atoms with Crippen LogP contribution in [0.25, 0.3) is 11.1 Å². The predicted molar refractivity (Wildman–Crippen MR) is 177 cm³/mol. The molecule has 0 fully saturated rings. The lowest BCUT2D eigenvalue weighted by Crippen LogP contribution is -2.34. The first kappa shape index (κ1) is 35.7. The number of nitrogens with zero attached hydrogens (tertiary/aromatic N) is 2. The number of fused-ring (bicyclic) bond motifs is 5. The van der Waals surface area contributed by atoms with Crippen LogP contribution in [0.4, 0.5) is 16.2 Å². The molecule has 3 aromatic carbocycles. The van der Waals surface area contributed by atoms with E-state index in [1.165, 1.54) is 19.1 Å². The second-order valence-corrected chi connectivity index (χ2v) is 13.4. The van der Waals surface area contributed by atoms with Gasteiger partial charge in [0.1, 0.15) is 22.2 Å². The number of esters is 4. The fourth-order valence-corrected chi connectivity index (χ4v) is 5.35. The minimum Gasteiger partial charge on any atom is -0.462 e. The lowest BCUT2D eigenvalue weighted by molar-refractivity contribution is -0.164. The normalized spacial score (nSPS) is 12.9. The summed E-state index contributed by atoms with van der Waals surface area (Å²) >= 11 is 0. The molecule has 2 heterocycles. The van der Waals surface area contributed by atoms with E-state index in [9.17, 15) is 24.0 Å². The van der Waals surface area contributed by atoms with Gasteiger partial charge in [0, 0.05) is 21.6 Å². The molecule has 0 aromatic heterocycles. The third-order valence-corrected chi connectivity index (χ3v) is 7.24. The van der Waals surface area contributed by atoms with Crippen LogP contribution in [-0.4, -0.2) is 60.6 Å². The van der Waals surface area contributed by atoms with E-state index in [4.69, 9.17) is 38.4 Å². The van der Waals surface area contributed by atoms with Crippen LogP contribution in [0.3, 0.4) is 0 Å². The maximum atomic E-state index is 13.8. The van der Waals surface area contributed by atoms with Crippen molar-refractivity contribution < 1.29 is 52.4 Å². The van der Waals surface area contributed by atoms with Crippen molar-refractivity contribution in [2.24, 2.45) is 9.98 Å². The van der Waals surface area contributed by atoms with Gasteiger partial charge in [-0.25, -0.2) is 34.0 Å². The van der Waals surface area contributed by atoms with Gasteiger partial charge in [-0.1, -0.05) is 0 Å². The second-order valence-electron chi connectivity index (χ2n) is 13.4. The highest BCUT2D eigenvalue weighted by Crippen LogP contribution is 2.43. The third kappa shape index (κ3) is 7.21. The lowest BCUT2D eigenvalue weighted by atomic mass is 9.93. The zero-order chi connectivity index (χ0) is 36.7. The number of carbonyl (C=O) groups is 5. The molecule has 13 nitrogen and oxygen atoms in total. The maximum absolute atomic E-state index is 13.8. The summed E-state index contributed by atoms with van der Waals surface area (Å²) in [4.78, 5) is 74.9. The molecule has 13 heteroatoms. The van der Waals surface area contributed by atoms with Crippen LogP contribution in [0.15, 0.2) is 46.4 Å². The molecule has 0 saturated carbocycles. The van der Waals surface area contributed by atoms with E-state index in [0.717, 1.165) is 0 Å². The van der Waals surface area contributed by atoms with Crippen molar-refractivity contribution in [2.75, 3.05) is 13.2 Å². The first-order chi connectivity index (χ1) is 23.4. The molecule has 0 spiro atoms. The first-order valence-corrected chi connectivity index (χ1v) is 16.1. The van der Waals surface area contributed by atoms with Crippen LogP contribution in [0.1, 0.15) is 93.4 Å². The van der Waals surface area contributed by atoms with Crippen LogP contribution in [0, 0.1) is 10.4 Å². The lowest BCUT2D eigenvalue weighted by Gasteiger charge is -2.22. The highest BCUT2D eigenvalue weighted by atomic mass is 16.7. The highest BCUT2D eigenvalue weighted by Gasteiger charge is 2.34. The smallest absolute Gasteiger partial charge is 0.462 e. The average Bonchev–Trinajstić information content (AvgIpc) is 3.57. The Kier molecular flexibility index (Phi) is 9.55. The van der Waals surface area contributed by atoms with E-state index < -0.39 is 47.3 Å². The van der Waals surface area contributed by atoms with E-state index in [1.54, 1.807) is 79.7 Å². The van der Waals surface area contributed by atoms with E-state index in [2.05, 4.69) is 0 Å². The number of benzene rings is 3. The van der Waals surface area contributed by atoms with Crippen molar-refractivity contribution in [3.8, 4) is 16.9 Å². The fourth-order valence-electron chi connectivity index (χ4n) is 5.35. The number of hydrogen-bond acceptors (Lipinski definition) is 13. The van der Waals surface area contributed by atoms with E-state index in [-0.39, 0.29) is 57.9 Å². The van der Waals surface area contributed by atoms with Crippen molar-refractivity contribution in [1.82, 2.24) is 0 Å². The van der Waals surface area contributed by atoms with Crippen molar-refractivity contribution in [3.63, 3.8) is 0 Å². The summed E-state index contributed by atoms with van der Waals surface area (Å²) in [7, 11) is 0. The molecule has 0 N–H and O–H groups in total. The Morgan fingerprint density at radius 1 is 0.760 bits per heavy atom. The molecule has 0 bridgehead atoms. The molecule has 1 atom stereocenters. The summed E-state index contributed by atoms with van der Waals surface area (Å²) in [5.74, 6) is -3.03. The van der Waals surface area contributed by atoms with Gasteiger partial charge in [0.25, 0.3) is 0 Å². The molecule has 0 aliphatic carbocycles. The van der Waals surface area contributed by atoms with Crippen molar-refractivity contribution >= 4 is 41.4 Å². The van der Waals surface area contributed by atoms with Gasteiger partial charge in [0.15, 0.2) is 11.9 Å². The number of hydrogen-bond donors (Lipinski definition) is 0. The zero-order valence-electron chi connectivity index (χ0n) is 29.3. The van der Waals surface area contributed by atoms with Crippen LogP contribution in [0.5, 0.6) is 5.75 Å². The molecular formula is C37H38N2O11. The summed E-state index contributed by atoms with van der Waals surface area (Å²) in [5.41, 5.74) is -0.645. The van der Waals surface area contributed by atoms with E-state index in [0.29, 0.717) is 21.4 Å². The van der Waals surface area contributed by atoms with Gasteiger partial charge in [-0.3, -0.25) is 0 Å². The van der Waals surface area contributed by atoms with Gasteiger partial charge < -0.3 is 28.4 Å². The number of rotatable bonds is 8. The van der Waals surface area contributed by atoms with Gasteiger partial charge in [-0.15, -0.1) is 0 Å². The van der Waals surface area contributed by atoms with Crippen molar-refractivity contribution in [2.45, 2.75) is 79.6 Å². The van der Waals surface area contributed by atoms with Crippen molar-refractivity contribution in [3.05, 3.63) is 74.2 Å². The van der Waals surface area contributed by atoms with Crippen LogP contribution < -0.4 is 15.5 Å². The topological polar surface area (TPSA) is 165 Å². The Hall–Kier alpha value is -5.59. The monoisotopic (exact) mass is 686 g/mol. The molecule has 262 valence electrons. The summed E-state index contributed by atoms with van der Waals surface area (Å²) in [6.45, 7) is 15.0. The average molecular weight is 687 g/mol. The van der Waals surface area contributed by atoms with Gasteiger partial charge in [-0.2, -0.15) is 0 Å². The summed E-state index contributed by atoms with van der Waals surface area (Å²) < 4.78 is 32.6. The SMILES string of the molecule is CCOC(=O)c1ccc2c(c1)=c1cc3c(c(OC(=O)OC(C)C(=O)OC(C)(C)C)c1N=2)=Nc1ccc(C(=O)OCC)c(C(=O)OC(C)(C)C)c1-3. The molecule has 0 radical (unpaired) electrons. The minimum atomic E-state index is -1.33. The molecule has 5 rings (SSSR count). The van der Waals surface area contributed by atoms with E-state index >= 15 is 0 Å². The second kappa shape index (κ2) is 13.4. The molecule has 0 amide bonds. The van der Waals surface area contributed by atoms with Gasteiger partial charge in [0.05, 0.1) is 40.9 Å². The quantitative estimate of drug-likeness (QED) is 0.111. The fraction of sp³-hybridized carbons (Fsp3) is 0.378. The summed E-state index contributed by atoms with van der Waals surface area (Å²) in [6, 6.07) is 9.42. The first-order valence-electron chi connectivity index (χ1n) is 16.1. The molecule has 1 unspecified atom stereocenters. The van der Waals surface area contributed by atoms with Crippen molar-refractivity contribution in [1.29, 1.82) is 0 Å². The Bertz CT molecular complexity index is 2180. The standard InChI is InChI=1S/C37H38N2O11/c1-10-45-32(41)19-12-14-24-21(16-19)22-17-23-26-25(15-13-20(33(42)46-11-2)27(26)34(43)50-37(7,8)9)39-29(23)30(28(22)38-24)48-35(44)47-18(3)31(40)49-36(4,5)6/h12-18H,10-11H2,1-9H3. The maximum Gasteiger partial charge on any atom is 0.514 e. The molecule has 2 aliphatic rings. The highest BCUT2D eigenvalue weighted by molar-refractivity contribution is 6.11. The third-order valence-electron chi connectivity index (χ3n) is 7.24. The van der Waals surface area contributed by atoms with Gasteiger partial charge >= 0.3 is 30.0 Å². The molecular weight excluding hydrogens is 648 g/mol. The van der Waals surface area contributed by atoms with E-state index in [1.807, 2.05) is 0 Å².